The van der Waals surface area contributed by atoms with E-state index in [-0.39, 0.29) is 17.9 Å². The molecule has 0 bridgehead atoms. The zero-order valence-electron chi connectivity index (χ0n) is 21.5. The smallest absolute Gasteiger partial charge is 0.243 e. The second kappa shape index (κ2) is 10.6. The number of aryl methyl sites for hydroxylation is 1. The highest BCUT2D eigenvalue weighted by Crippen LogP contribution is 2.27. The van der Waals surface area contributed by atoms with Gasteiger partial charge in [0.2, 0.25) is 5.91 Å². The zero-order valence-corrected chi connectivity index (χ0v) is 22.3. The van der Waals surface area contributed by atoms with Crippen LogP contribution in [0, 0.1) is 6.92 Å². The fraction of sp³-hybridized carbons (Fsp3) is 0.321. The summed E-state index contributed by atoms with van der Waals surface area (Å²) in [7, 11) is -1.59. The van der Waals surface area contributed by atoms with E-state index >= 15 is 0 Å². The van der Waals surface area contributed by atoms with Crippen LogP contribution in [0.5, 0.6) is 0 Å². The lowest BCUT2D eigenvalue weighted by atomic mass is 9.87. The molecule has 2 heterocycles. The van der Waals surface area contributed by atoms with E-state index in [1.165, 1.54) is 0 Å². The van der Waals surface area contributed by atoms with Crippen LogP contribution in [0.1, 0.15) is 44.6 Å². The van der Waals surface area contributed by atoms with Crippen molar-refractivity contribution in [3.05, 3.63) is 83.8 Å². The summed E-state index contributed by atoms with van der Waals surface area (Å²) in [6, 6.07) is 19.3. The van der Waals surface area contributed by atoms with Crippen LogP contribution in [0.15, 0.2) is 71.8 Å². The Kier molecular flexibility index (Phi) is 7.54. The van der Waals surface area contributed by atoms with Crippen LogP contribution in [-0.4, -0.2) is 43.3 Å². The van der Waals surface area contributed by atoms with Gasteiger partial charge in [-0.1, -0.05) is 39.0 Å². The van der Waals surface area contributed by atoms with E-state index in [4.69, 9.17) is 0 Å². The summed E-state index contributed by atoms with van der Waals surface area (Å²) >= 11 is 0. The van der Waals surface area contributed by atoms with Gasteiger partial charge in [-0.2, -0.15) is 5.10 Å². The molecule has 1 unspecified atom stereocenters. The molecule has 0 saturated carbocycles. The van der Waals surface area contributed by atoms with Gasteiger partial charge in [-0.05, 0) is 67.3 Å². The Morgan fingerprint density at radius 3 is 2.47 bits per heavy atom. The normalized spacial score (nSPS) is 12.5. The molecule has 7 nitrogen and oxygen atoms in total. The number of pyridine rings is 1. The standard InChI is InChI=1S/C28H33N5O2S/c1-6-32(18-23-9-7-8-20(2)30-23)27(34)19-33(24-13-10-21-17-29-31-26(21)16-24)36(35)25-14-11-22(12-15-25)28(3,4)5/h7-17H,6,18-19H2,1-5H3,(H,29,31). The minimum absolute atomic E-state index is 0.00716. The Hall–Kier alpha value is -3.52. The molecule has 0 aliphatic carbocycles. The number of fused-ring (bicyclic) bond motifs is 1. The van der Waals surface area contributed by atoms with E-state index in [0.29, 0.717) is 23.7 Å². The molecule has 188 valence electrons. The average molecular weight is 504 g/mol. The predicted molar refractivity (Wildman–Crippen MR) is 145 cm³/mol. The minimum atomic E-state index is -1.59. The van der Waals surface area contributed by atoms with E-state index in [9.17, 15) is 9.00 Å². The van der Waals surface area contributed by atoms with Crippen molar-refractivity contribution in [3.63, 3.8) is 0 Å². The third-order valence-corrected chi connectivity index (χ3v) is 7.56. The second-order valence-corrected chi connectivity index (χ2v) is 11.3. The molecule has 0 saturated heterocycles. The number of anilines is 1. The number of rotatable bonds is 8. The van der Waals surface area contributed by atoms with Crippen LogP contribution >= 0.6 is 0 Å². The van der Waals surface area contributed by atoms with Gasteiger partial charge in [-0.3, -0.25) is 19.2 Å². The lowest BCUT2D eigenvalue weighted by Gasteiger charge is -2.27. The molecule has 0 aliphatic heterocycles. The van der Waals surface area contributed by atoms with Crippen LogP contribution in [0.4, 0.5) is 5.69 Å². The number of nitrogens with zero attached hydrogens (tertiary/aromatic N) is 4. The Bertz CT molecular complexity index is 1370. The molecule has 36 heavy (non-hydrogen) atoms. The highest BCUT2D eigenvalue weighted by atomic mass is 32.2. The molecule has 1 atom stereocenters. The van der Waals surface area contributed by atoms with E-state index < -0.39 is 11.0 Å². The van der Waals surface area contributed by atoms with Gasteiger partial charge in [0.25, 0.3) is 0 Å². The van der Waals surface area contributed by atoms with Crippen molar-refractivity contribution in [1.29, 1.82) is 0 Å². The molecule has 1 N–H and O–H groups in total. The number of aromatic nitrogens is 3. The van der Waals surface area contributed by atoms with Gasteiger partial charge >= 0.3 is 0 Å². The van der Waals surface area contributed by atoms with Gasteiger partial charge in [0.1, 0.15) is 6.54 Å². The first-order valence-corrected chi connectivity index (χ1v) is 13.2. The van der Waals surface area contributed by atoms with Crippen molar-refractivity contribution in [2.45, 2.75) is 51.5 Å². The molecule has 0 aliphatic rings. The maximum Gasteiger partial charge on any atom is 0.243 e. The SMILES string of the molecule is CCN(Cc1cccc(C)n1)C(=O)CN(c1ccc2cn[nH]c2c1)S(=O)c1ccc(C(C)(C)C)cc1. The van der Waals surface area contributed by atoms with E-state index in [1.54, 1.807) is 15.4 Å². The number of H-pyrrole nitrogens is 1. The minimum Gasteiger partial charge on any atom is -0.336 e. The van der Waals surface area contributed by atoms with Crippen LogP contribution in [0.3, 0.4) is 0 Å². The molecule has 1 amide bonds. The number of amides is 1. The zero-order chi connectivity index (χ0) is 25.9. The fourth-order valence-corrected chi connectivity index (χ4v) is 5.16. The summed E-state index contributed by atoms with van der Waals surface area (Å²) in [6.07, 6.45) is 1.74. The number of aromatic amines is 1. The molecule has 4 rings (SSSR count). The first-order chi connectivity index (χ1) is 17.2. The van der Waals surface area contributed by atoms with Crippen molar-refractivity contribution >= 4 is 33.5 Å². The summed E-state index contributed by atoms with van der Waals surface area (Å²) in [5.74, 6) is -0.120. The van der Waals surface area contributed by atoms with E-state index in [0.717, 1.165) is 27.9 Å². The maximum atomic E-state index is 13.9. The summed E-state index contributed by atoms with van der Waals surface area (Å²) < 4.78 is 15.5. The number of hydrogen-bond donors (Lipinski definition) is 1. The Labute approximate surface area is 215 Å². The van der Waals surface area contributed by atoms with E-state index in [1.807, 2.05) is 74.5 Å². The van der Waals surface area contributed by atoms with Crippen molar-refractivity contribution < 1.29 is 9.00 Å². The predicted octanol–water partition coefficient (Wildman–Crippen LogP) is 5.14. The van der Waals surface area contributed by atoms with Crippen molar-refractivity contribution in [3.8, 4) is 0 Å². The number of benzene rings is 2. The van der Waals surface area contributed by atoms with Crippen LogP contribution in [0.25, 0.3) is 10.9 Å². The van der Waals surface area contributed by atoms with Gasteiger partial charge in [-0.15, -0.1) is 0 Å². The maximum absolute atomic E-state index is 13.9. The lowest BCUT2D eigenvalue weighted by Crippen LogP contribution is -2.41. The number of hydrogen-bond acceptors (Lipinski definition) is 4. The highest BCUT2D eigenvalue weighted by Gasteiger charge is 2.24. The van der Waals surface area contributed by atoms with Crippen molar-refractivity contribution in [1.82, 2.24) is 20.1 Å². The molecular formula is C28H33N5O2S. The molecule has 4 aromatic rings. The molecule has 2 aromatic carbocycles. The molecular weight excluding hydrogens is 470 g/mol. The third-order valence-electron chi connectivity index (χ3n) is 6.15. The Morgan fingerprint density at radius 1 is 1.06 bits per heavy atom. The number of carbonyl (C=O) groups is 1. The van der Waals surface area contributed by atoms with Crippen LogP contribution < -0.4 is 4.31 Å². The van der Waals surface area contributed by atoms with E-state index in [2.05, 4.69) is 36.0 Å². The Morgan fingerprint density at radius 2 is 1.81 bits per heavy atom. The van der Waals surface area contributed by atoms with Crippen LogP contribution in [-0.2, 0) is 27.7 Å². The average Bonchev–Trinajstić information content (AvgIpc) is 3.33. The third kappa shape index (κ3) is 5.82. The Balaban J connectivity index is 1.64. The molecule has 2 aromatic heterocycles. The number of likely N-dealkylation sites (N-methyl/N-ethyl adjacent to an activating group) is 1. The first-order valence-electron chi connectivity index (χ1n) is 12.1. The lowest BCUT2D eigenvalue weighted by molar-refractivity contribution is -0.130. The van der Waals surface area contributed by atoms with Crippen molar-refractivity contribution in [2.75, 3.05) is 17.4 Å². The highest BCUT2D eigenvalue weighted by molar-refractivity contribution is 7.86. The van der Waals surface area contributed by atoms with Crippen LogP contribution in [0.2, 0.25) is 0 Å². The molecule has 0 spiro atoms. The fourth-order valence-electron chi connectivity index (χ4n) is 4.01. The van der Waals surface area contributed by atoms with Gasteiger partial charge in [0.05, 0.1) is 34.5 Å². The number of carbonyl (C=O) groups excluding carboxylic acids is 1. The summed E-state index contributed by atoms with van der Waals surface area (Å²) in [6.45, 7) is 11.2. The summed E-state index contributed by atoms with van der Waals surface area (Å²) in [5, 5.41) is 8.01. The van der Waals surface area contributed by atoms with Gasteiger partial charge < -0.3 is 4.90 Å². The summed E-state index contributed by atoms with van der Waals surface area (Å²) in [5.41, 5.74) is 4.39. The van der Waals surface area contributed by atoms with Gasteiger partial charge in [0, 0.05) is 17.6 Å². The molecule has 8 heteroatoms. The monoisotopic (exact) mass is 503 g/mol. The largest absolute Gasteiger partial charge is 0.336 e. The second-order valence-electron chi connectivity index (χ2n) is 9.88. The molecule has 0 fully saturated rings. The topological polar surface area (TPSA) is 82.2 Å². The first kappa shape index (κ1) is 25.6. The van der Waals surface area contributed by atoms with Gasteiger partial charge in [-0.25, -0.2) is 4.21 Å². The van der Waals surface area contributed by atoms with Gasteiger partial charge in [0.15, 0.2) is 11.0 Å². The number of nitrogens with one attached hydrogen (secondary N) is 1. The van der Waals surface area contributed by atoms with Crippen molar-refractivity contribution in [2.24, 2.45) is 0 Å². The molecule has 0 radical (unpaired) electrons. The quantitative estimate of drug-likeness (QED) is 0.361. The summed E-state index contributed by atoms with van der Waals surface area (Å²) in [4.78, 5) is 20.4.